The van der Waals surface area contributed by atoms with Crippen LogP contribution in [0.1, 0.15) is 45.1 Å². The minimum absolute atomic E-state index is 0.257. The van der Waals surface area contributed by atoms with E-state index in [0.717, 1.165) is 27.4 Å². The molecule has 0 fully saturated rings. The molecule has 0 aliphatic carbocycles. The van der Waals surface area contributed by atoms with Gasteiger partial charge in [0.05, 0.1) is 6.61 Å². The molecule has 8 heteroatoms. The summed E-state index contributed by atoms with van der Waals surface area (Å²) in [7, 11) is 0. The van der Waals surface area contributed by atoms with Crippen LogP contribution in [0, 0.1) is 6.92 Å². The molecule has 0 radical (unpaired) electrons. The second-order valence-corrected chi connectivity index (χ2v) is 8.83. The van der Waals surface area contributed by atoms with Gasteiger partial charge in [-0.3, -0.25) is 9.20 Å². The van der Waals surface area contributed by atoms with Crippen molar-refractivity contribution in [3.8, 4) is 11.1 Å². The molecular weight excluding hydrogens is 418 g/mol. The fraction of sp³-hybridized carbons (Fsp3) is 0.227. The fourth-order valence-corrected chi connectivity index (χ4v) is 4.94. The molecule has 0 saturated carbocycles. The third kappa shape index (κ3) is 3.88. The van der Waals surface area contributed by atoms with Gasteiger partial charge in [-0.1, -0.05) is 31.2 Å². The highest BCUT2D eigenvalue weighted by Gasteiger charge is 2.24. The number of amides is 1. The molecule has 1 aromatic carbocycles. The molecule has 0 saturated heterocycles. The molecule has 6 nitrogen and oxygen atoms in total. The molecule has 1 amide bonds. The van der Waals surface area contributed by atoms with Crippen molar-refractivity contribution in [3.63, 3.8) is 0 Å². The first-order valence-corrected chi connectivity index (χ1v) is 11.3. The zero-order chi connectivity index (χ0) is 21.3. The van der Waals surface area contributed by atoms with E-state index >= 15 is 0 Å². The van der Waals surface area contributed by atoms with Crippen LogP contribution >= 0.6 is 22.7 Å². The average molecular weight is 440 g/mol. The van der Waals surface area contributed by atoms with Crippen LogP contribution in [0.15, 0.2) is 42.0 Å². The van der Waals surface area contributed by atoms with Crippen molar-refractivity contribution in [1.29, 1.82) is 0 Å². The average Bonchev–Trinajstić information content (AvgIpc) is 3.41. The number of rotatable bonds is 6. The van der Waals surface area contributed by atoms with E-state index in [1.165, 1.54) is 28.2 Å². The van der Waals surface area contributed by atoms with Gasteiger partial charge in [-0.2, -0.15) is 0 Å². The molecule has 0 spiro atoms. The maximum atomic E-state index is 12.8. The molecule has 30 heavy (non-hydrogen) atoms. The molecule has 0 bridgehead atoms. The van der Waals surface area contributed by atoms with Crippen molar-refractivity contribution in [3.05, 3.63) is 63.7 Å². The van der Waals surface area contributed by atoms with Gasteiger partial charge in [0.2, 0.25) is 0 Å². The van der Waals surface area contributed by atoms with Crippen molar-refractivity contribution in [2.75, 3.05) is 11.9 Å². The minimum atomic E-state index is -0.454. The Morgan fingerprint density at radius 3 is 2.60 bits per heavy atom. The summed E-state index contributed by atoms with van der Waals surface area (Å²) < 4.78 is 7.10. The van der Waals surface area contributed by atoms with Crippen molar-refractivity contribution in [1.82, 2.24) is 9.38 Å². The lowest BCUT2D eigenvalue weighted by Gasteiger charge is -2.08. The van der Waals surface area contributed by atoms with Gasteiger partial charge in [0, 0.05) is 28.2 Å². The second kappa shape index (κ2) is 8.41. The van der Waals surface area contributed by atoms with E-state index in [1.54, 1.807) is 13.1 Å². The second-order valence-electron chi connectivity index (χ2n) is 6.74. The summed E-state index contributed by atoms with van der Waals surface area (Å²) in [4.78, 5) is 31.8. The first kappa shape index (κ1) is 20.3. The Hall–Kier alpha value is -2.97. The van der Waals surface area contributed by atoms with Crippen LogP contribution in [0.4, 0.5) is 5.00 Å². The minimum Gasteiger partial charge on any atom is -0.462 e. The van der Waals surface area contributed by atoms with Gasteiger partial charge in [0.25, 0.3) is 5.91 Å². The number of fused-ring (bicyclic) bond motifs is 1. The summed E-state index contributed by atoms with van der Waals surface area (Å²) in [6.07, 6.45) is 4.56. The Bertz CT molecular complexity index is 1190. The lowest BCUT2D eigenvalue weighted by atomic mass is 10.0. The van der Waals surface area contributed by atoms with Crippen molar-refractivity contribution >= 4 is 44.5 Å². The number of thiazole rings is 1. The van der Waals surface area contributed by atoms with Gasteiger partial charge < -0.3 is 10.1 Å². The van der Waals surface area contributed by atoms with Crippen LogP contribution < -0.4 is 5.32 Å². The van der Waals surface area contributed by atoms with Crippen LogP contribution in [0.3, 0.4) is 0 Å². The standard InChI is InChI=1S/C22H21N3O3S2/c1-4-14-6-8-15(9-7-14)16-12-29-20(18(16)21(27)28-5-2)24-19(26)17-11-25-10-13(3)30-22(25)23-17/h6-12H,4-5H2,1-3H3,(H,24,26). The van der Waals surface area contributed by atoms with E-state index in [-0.39, 0.29) is 12.5 Å². The normalized spacial score (nSPS) is 11.0. The summed E-state index contributed by atoms with van der Waals surface area (Å²) in [6, 6.07) is 8.06. The van der Waals surface area contributed by atoms with E-state index in [4.69, 9.17) is 4.74 Å². The SMILES string of the molecule is CCOC(=O)c1c(-c2ccc(CC)cc2)csc1NC(=O)c1cn2cc(C)sc2n1. The van der Waals surface area contributed by atoms with Gasteiger partial charge in [-0.25, -0.2) is 9.78 Å². The number of esters is 1. The summed E-state index contributed by atoms with van der Waals surface area (Å²) in [5.74, 6) is -0.811. The highest BCUT2D eigenvalue weighted by atomic mass is 32.1. The predicted octanol–water partition coefficient (Wildman–Crippen LogP) is 5.42. The highest BCUT2D eigenvalue weighted by Crippen LogP contribution is 2.36. The number of carbonyl (C=O) groups is 2. The van der Waals surface area contributed by atoms with Crippen molar-refractivity contribution < 1.29 is 14.3 Å². The van der Waals surface area contributed by atoms with Gasteiger partial charge in [0.15, 0.2) is 4.96 Å². The Kier molecular flexibility index (Phi) is 5.69. The van der Waals surface area contributed by atoms with E-state index in [9.17, 15) is 9.59 Å². The van der Waals surface area contributed by atoms with E-state index in [2.05, 4.69) is 17.2 Å². The van der Waals surface area contributed by atoms with Crippen LogP contribution in [-0.4, -0.2) is 27.9 Å². The topological polar surface area (TPSA) is 72.7 Å². The molecule has 4 aromatic rings. The Balaban J connectivity index is 1.67. The maximum absolute atomic E-state index is 12.8. The third-order valence-corrected chi connectivity index (χ3v) is 6.48. The summed E-state index contributed by atoms with van der Waals surface area (Å²) >= 11 is 2.82. The molecule has 0 aliphatic heterocycles. The van der Waals surface area contributed by atoms with E-state index in [0.29, 0.717) is 16.3 Å². The van der Waals surface area contributed by atoms with Crippen LogP contribution in [0.25, 0.3) is 16.1 Å². The van der Waals surface area contributed by atoms with Crippen molar-refractivity contribution in [2.45, 2.75) is 27.2 Å². The Morgan fingerprint density at radius 2 is 1.93 bits per heavy atom. The number of anilines is 1. The number of hydrogen-bond acceptors (Lipinski definition) is 6. The molecule has 4 rings (SSSR count). The number of imidazole rings is 1. The van der Waals surface area contributed by atoms with E-state index in [1.807, 2.05) is 47.2 Å². The zero-order valence-corrected chi connectivity index (χ0v) is 18.5. The number of aromatic nitrogens is 2. The largest absolute Gasteiger partial charge is 0.462 e. The highest BCUT2D eigenvalue weighted by molar-refractivity contribution is 7.17. The van der Waals surface area contributed by atoms with Crippen molar-refractivity contribution in [2.24, 2.45) is 0 Å². The van der Waals surface area contributed by atoms with Gasteiger partial charge in [0.1, 0.15) is 16.3 Å². The molecule has 0 unspecified atom stereocenters. The summed E-state index contributed by atoms with van der Waals surface area (Å²) in [5, 5.41) is 5.18. The molecular formula is C22H21N3O3S2. The predicted molar refractivity (Wildman–Crippen MR) is 121 cm³/mol. The molecule has 3 heterocycles. The number of nitrogens with zero attached hydrogens (tertiary/aromatic N) is 2. The van der Waals surface area contributed by atoms with Gasteiger partial charge in [-0.15, -0.1) is 22.7 Å². The fourth-order valence-electron chi connectivity index (χ4n) is 3.18. The number of ether oxygens (including phenoxy) is 1. The van der Waals surface area contributed by atoms with Crippen LogP contribution in [0.2, 0.25) is 0 Å². The van der Waals surface area contributed by atoms with Crippen LogP contribution in [-0.2, 0) is 11.2 Å². The summed E-state index contributed by atoms with van der Waals surface area (Å²) in [6.45, 7) is 6.11. The smallest absolute Gasteiger partial charge is 0.341 e. The number of benzene rings is 1. The Morgan fingerprint density at radius 1 is 1.17 bits per heavy atom. The molecule has 154 valence electrons. The van der Waals surface area contributed by atoms with Gasteiger partial charge in [-0.05, 0) is 31.4 Å². The number of carbonyl (C=O) groups excluding carboxylic acids is 2. The quantitative estimate of drug-likeness (QED) is 0.407. The van der Waals surface area contributed by atoms with Crippen LogP contribution in [0.5, 0.6) is 0 Å². The van der Waals surface area contributed by atoms with E-state index < -0.39 is 5.97 Å². The summed E-state index contributed by atoms with van der Waals surface area (Å²) in [5.41, 5.74) is 3.55. The first-order valence-electron chi connectivity index (χ1n) is 9.64. The lowest BCUT2D eigenvalue weighted by Crippen LogP contribution is -2.15. The zero-order valence-electron chi connectivity index (χ0n) is 16.9. The Labute approximate surface area is 182 Å². The molecule has 0 aliphatic rings. The lowest BCUT2D eigenvalue weighted by molar-refractivity contribution is 0.0529. The molecule has 1 N–H and O–H groups in total. The number of hydrogen-bond donors (Lipinski definition) is 1. The number of aryl methyl sites for hydroxylation is 2. The molecule has 0 atom stereocenters. The monoisotopic (exact) mass is 439 g/mol. The van der Waals surface area contributed by atoms with Gasteiger partial charge >= 0.3 is 5.97 Å². The number of thiophene rings is 1. The number of nitrogens with one attached hydrogen (secondary N) is 1. The maximum Gasteiger partial charge on any atom is 0.341 e. The molecule has 3 aromatic heterocycles. The third-order valence-electron chi connectivity index (χ3n) is 4.67. The first-order chi connectivity index (χ1) is 14.5.